The van der Waals surface area contributed by atoms with Crippen molar-refractivity contribution in [1.82, 2.24) is 0 Å². The van der Waals surface area contributed by atoms with Crippen molar-refractivity contribution in [3.63, 3.8) is 0 Å². The topological polar surface area (TPSA) is 52.6 Å². The molecule has 1 aromatic rings. The highest BCUT2D eigenvalue weighted by Gasteiger charge is 2.48. The zero-order chi connectivity index (χ0) is 27.0. The Labute approximate surface area is 231 Å². The summed E-state index contributed by atoms with van der Waals surface area (Å²) in [6.45, 7) is 11.1. The van der Waals surface area contributed by atoms with Gasteiger partial charge in [-0.3, -0.25) is 9.59 Å². The van der Waals surface area contributed by atoms with Gasteiger partial charge in [0.1, 0.15) is 11.5 Å². The van der Waals surface area contributed by atoms with Crippen LogP contribution in [0.5, 0.6) is 5.75 Å². The zero-order valence-corrected chi connectivity index (χ0v) is 24.4. The Kier molecular flexibility index (Phi) is 8.50. The minimum Gasteiger partial charge on any atom is -0.490 e. The molecule has 0 atom stereocenters. The van der Waals surface area contributed by atoms with E-state index in [-0.39, 0.29) is 22.4 Å². The van der Waals surface area contributed by atoms with Crippen molar-refractivity contribution in [2.75, 3.05) is 6.61 Å². The number of unbranched alkanes of at least 4 members (excludes halogenated alkanes) is 5. The van der Waals surface area contributed by atoms with Gasteiger partial charge in [0.2, 0.25) is 0 Å². The Bertz CT molecular complexity index is 1070. The van der Waals surface area contributed by atoms with Gasteiger partial charge in [0.05, 0.1) is 16.7 Å². The summed E-state index contributed by atoms with van der Waals surface area (Å²) in [5, 5.41) is 0.799. The third-order valence-corrected chi connectivity index (χ3v) is 8.24. The van der Waals surface area contributed by atoms with E-state index in [4.69, 9.17) is 32.7 Å². The minimum absolute atomic E-state index is 0.0241. The molecule has 1 aliphatic heterocycles. The average Bonchev–Trinajstić information content (AvgIpc) is 2.76. The van der Waals surface area contributed by atoms with Gasteiger partial charge in [-0.25, -0.2) is 0 Å². The Hall–Kier alpha value is -1.78. The van der Waals surface area contributed by atoms with Crippen molar-refractivity contribution >= 4 is 34.8 Å². The normalized spacial score (nSPS) is 21.1. The molecule has 4 nitrogen and oxygen atoms in total. The van der Waals surface area contributed by atoms with Crippen LogP contribution in [0.15, 0.2) is 34.8 Å². The van der Waals surface area contributed by atoms with Crippen LogP contribution in [0.3, 0.4) is 0 Å². The lowest BCUT2D eigenvalue weighted by Gasteiger charge is -2.42. The van der Waals surface area contributed by atoms with Gasteiger partial charge in [-0.1, -0.05) is 89.9 Å². The summed E-state index contributed by atoms with van der Waals surface area (Å²) in [6, 6.07) is 3.63. The molecule has 0 N–H and O–H groups in total. The number of allylic oxidation sites excluding steroid dienone is 4. The Balaban J connectivity index is 1.66. The van der Waals surface area contributed by atoms with E-state index in [0.29, 0.717) is 70.7 Å². The highest BCUT2D eigenvalue weighted by Crippen LogP contribution is 2.54. The van der Waals surface area contributed by atoms with Crippen LogP contribution in [0.2, 0.25) is 10.0 Å². The van der Waals surface area contributed by atoms with E-state index < -0.39 is 5.92 Å². The predicted octanol–water partition coefficient (Wildman–Crippen LogP) is 9.13. The van der Waals surface area contributed by atoms with E-state index in [1.165, 1.54) is 25.7 Å². The maximum Gasteiger partial charge on any atom is 0.163 e. The molecule has 0 saturated heterocycles. The molecule has 0 radical (unpaired) electrons. The highest BCUT2D eigenvalue weighted by molar-refractivity contribution is 6.37. The second-order valence-electron chi connectivity index (χ2n) is 12.5. The van der Waals surface area contributed by atoms with Gasteiger partial charge in [-0.15, -0.1) is 0 Å². The summed E-state index contributed by atoms with van der Waals surface area (Å²) in [7, 11) is 0. The average molecular weight is 548 g/mol. The summed E-state index contributed by atoms with van der Waals surface area (Å²) < 4.78 is 12.3. The molecule has 0 bridgehead atoms. The molecule has 1 heterocycles. The van der Waals surface area contributed by atoms with E-state index in [1.54, 1.807) is 0 Å². The first-order valence-electron chi connectivity index (χ1n) is 13.7. The van der Waals surface area contributed by atoms with E-state index >= 15 is 0 Å². The number of Topliss-reactive ketones (excluding diaryl/α,β-unsaturated/α-hetero) is 2. The second kappa shape index (κ2) is 11.1. The smallest absolute Gasteiger partial charge is 0.163 e. The second-order valence-corrected chi connectivity index (χ2v) is 13.3. The molecule has 0 saturated carbocycles. The van der Waals surface area contributed by atoms with Gasteiger partial charge < -0.3 is 9.47 Å². The van der Waals surface area contributed by atoms with E-state index in [0.717, 1.165) is 18.4 Å². The maximum atomic E-state index is 13.5. The van der Waals surface area contributed by atoms with E-state index in [2.05, 4.69) is 34.6 Å². The number of carbonyl (C=O) groups excluding carboxylic acids is 2. The van der Waals surface area contributed by atoms with Gasteiger partial charge in [0.25, 0.3) is 0 Å². The molecular weight excluding hydrogens is 507 g/mol. The summed E-state index contributed by atoms with van der Waals surface area (Å²) in [4.78, 5) is 27.0. The fourth-order valence-electron chi connectivity index (χ4n) is 5.95. The van der Waals surface area contributed by atoms with Crippen LogP contribution in [0.4, 0.5) is 0 Å². The fraction of sp³-hybridized carbons (Fsp3) is 0.613. The monoisotopic (exact) mass is 546 g/mol. The third-order valence-electron chi connectivity index (χ3n) is 7.68. The van der Waals surface area contributed by atoms with Crippen LogP contribution >= 0.6 is 23.2 Å². The molecule has 6 heteroatoms. The number of ether oxygens (including phenoxy) is 2. The minimum atomic E-state index is -0.520. The van der Waals surface area contributed by atoms with Gasteiger partial charge in [-0.05, 0) is 34.9 Å². The Morgan fingerprint density at radius 1 is 0.811 bits per heavy atom. The van der Waals surface area contributed by atoms with E-state index in [1.807, 2.05) is 12.1 Å². The first-order valence-corrected chi connectivity index (χ1v) is 14.5. The molecule has 4 rings (SSSR count). The largest absolute Gasteiger partial charge is 0.490 e. The molecule has 0 fully saturated rings. The number of carbonyl (C=O) groups is 2. The summed E-state index contributed by atoms with van der Waals surface area (Å²) in [5.74, 6) is 1.36. The van der Waals surface area contributed by atoms with Gasteiger partial charge in [0.15, 0.2) is 17.3 Å². The molecule has 1 aromatic carbocycles. The van der Waals surface area contributed by atoms with Crippen LogP contribution in [0.1, 0.15) is 110 Å². The number of rotatable bonds is 9. The molecular formula is C31H40Cl2O4. The Morgan fingerprint density at radius 3 is 1.81 bits per heavy atom. The lowest BCUT2D eigenvalue weighted by atomic mass is 9.65. The third kappa shape index (κ3) is 6.28. The summed E-state index contributed by atoms with van der Waals surface area (Å²) >= 11 is 13.4. The lowest BCUT2D eigenvalue weighted by Crippen LogP contribution is -2.37. The first kappa shape index (κ1) is 28.2. The first-order chi connectivity index (χ1) is 17.4. The predicted molar refractivity (Wildman–Crippen MR) is 149 cm³/mol. The standard InChI is InChI=1S/C31H40Cl2O4/c1-6-7-8-9-10-11-12-36-29-20(32)13-19(14-21(29)33)26-27-22(34)15-30(2,3)17-24(27)37-25-18-31(4,5)16-23(35)28(25)26/h13-14,26H,6-12,15-18H2,1-5H3. The highest BCUT2D eigenvalue weighted by atomic mass is 35.5. The van der Waals surface area contributed by atoms with Crippen LogP contribution in [0, 0.1) is 10.8 Å². The zero-order valence-electron chi connectivity index (χ0n) is 22.9. The molecule has 202 valence electrons. The Morgan fingerprint density at radius 2 is 1.30 bits per heavy atom. The molecule has 37 heavy (non-hydrogen) atoms. The van der Waals surface area contributed by atoms with Crippen molar-refractivity contribution in [2.45, 2.75) is 105 Å². The number of ketones is 2. The molecule has 0 amide bonds. The van der Waals surface area contributed by atoms with Crippen molar-refractivity contribution in [3.8, 4) is 5.75 Å². The quantitative estimate of drug-likeness (QED) is 0.289. The number of benzene rings is 1. The van der Waals surface area contributed by atoms with Crippen molar-refractivity contribution in [3.05, 3.63) is 50.4 Å². The molecule has 3 aliphatic rings. The number of halogens is 2. The van der Waals surface area contributed by atoms with Crippen molar-refractivity contribution < 1.29 is 19.1 Å². The number of hydrogen-bond donors (Lipinski definition) is 0. The molecule has 2 aliphatic carbocycles. The summed E-state index contributed by atoms with van der Waals surface area (Å²) in [5.41, 5.74) is 1.51. The fourth-order valence-corrected chi connectivity index (χ4v) is 6.56. The maximum absolute atomic E-state index is 13.5. The van der Waals surface area contributed by atoms with E-state index in [9.17, 15) is 9.59 Å². The lowest BCUT2D eigenvalue weighted by molar-refractivity contribution is -0.120. The van der Waals surface area contributed by atoms with Crippen molar-refractivity contribution in [2.24, 2.45) is 10.8 Å². The molecule has 0 spiro atoms. The van der Waals surface area contributed by atoms with Crippen LogP contribution in [-0.4, -0.2) is 18.2 Å². The SMILES string of the molecule is CCCCCCCCOc1c(Cl)cc(C2C3=C(CC(C)(C)CC3=O)OC3=C2C(=O)CC(C)(C)C3)cc1Cl. The van der Waals surface area contributed by atoms with Crippen LogP contribution in [0.25, 0.3) is 0 Å². The van der Waals surface area contributed by atoms with Gasteiger partial charge >= 0.3 is 0 Å². The van der Waals surface area contributed by atoms with Crippen LogP contribution in [-0.2, 0) is 14.3 Å². The molecule has 0 aromatic heterocycles. The number of hydrogen-bond acceptors (Lipinski definition) is 4. The van der Waals surface area contributed by atoms with Crippen LogP contribution < -0.4 is 4.74 Å². The van der Waals surface area contributed by atoms with Crippen molar-refractivity contribution in [1.29, 1.82) is 0 Å². The van der Waals surface area contributed by atoms with Gasteiger partial charge in [-0.2, -0.15) is 0 Å². The summed E-state index contributed by atoms with van der Waals surface area (Å²) in [6.07, 6.45) is 9.12. The molecule has 0 unspecified atom stereocenters. The van der Waals surface area contributed by atoms with Gasteiger partial charge in [0, 0.05) is 42.7 Å².